The molecule has 32 heavy (non-hydrogen) atoms. The van der Waals surface area contributed by atoms with Crippen LogP contribution >= 0.6 is 11.6 Å². The average molecular weight is 477 g/mol. The van der Waals surface area contributed by atoms with Gasteiger partial charge in [0.25, 0.3) is 0 Å². The standard InChI is InChI=1S/C20H18ClF5N4O2/c1-10-13(6-7-15(27-10)31-2)30-14(21)8-9-29-16-11(4-3-5-12(16)28-19(29)30)17(20(24,25)26)32-18(22)23/h3-7,14,17-18H,8-9H2,1-2H3. The number of para-hydroxylation sites is 1. The molecule has 0 amide bonds. The molecule has 1 aliphatic rings. The molecule has 0 radical (unpaired) electrons. The van der Waals surface area contributed by atoms with Gasteiger partial charge in [-0.1, -0.05) is 23.7 Å². The lowest BCUT2D eigenvalue weighted by atomic mass is 10.1. The molecule has 0 N–H and O–H groups in total. The normalized spacial score (nSPS) is 17.7. The highest BCUT2D eigenvalue weighted by Crippen LogP contribution is 2.44. The number of hydrogen-bond acceptors (Lipinski definition) is 5. The van der Waals surface area contributed by atoms with Gasteiger partial charge < -0.3 is 14.0 Å². The number of nitrogens with zero attached hydrogens (tertiary/aromatic N) is 4. The Morgan fingerprint density at radius 2 is 1.91 bits per heavy atom. The number of aromatic nitrogens is 3. The van der Waals surface area contributed by atoms with Crippen LogP contribution in [-0.2, 0) is 11.3 Å². The first kappa shape index (κ1) is 22.5. The molecule has 0 spiro atoms. The third kappa shape index (κ3) is 3.95. The third-order valence-corrected chi connectivity index (χ3v) is 5.60. The molecule has 0 saturated carbocycles. The lowest BCUT2D eigenvalue weighted by Gasteiger charge is -2.34. The van der Waals surface area contributed by atoms with Gasteiger partial charge in [0.2, 0.25) is 11.8 Å². The Bertz CT molecular complexity index is 1140. The molecule has 2 atom stereocenters. The van der Waals surface area contributed by atoms with Crippen molar-refractivity contribution >= 4 is 34.3 Å². The highest BCUT2D eigenvalue weighted by Gasteiger charge is 2.45. The molecule has 3 aromatic rings. The second-order valence-corrected chi connectivity index (χ2v) is 7.65. The molecule has 3 heterocycles. The molecule has 4 rings (SSSR count). The molecule has 1 aliphatic heterocycles. The number of hydrogen-bond donors (Lipinski definition) is 0. The van der Waals surface area contributed by atoms with E-state index in [4.69, 9.17) is 16.3 Å². The maximum absolute atomic E-state index is 13.6. The Labute approximate surface area is 184 Å². The van der Waals surface area contributed by atoms with Crippen molar-refractivity contribution in [2.75, 3.05) is 12.0 Å². The fourth-order valence-corrected chi connectivity index (χ4v) is 4.18. The Morgan fingerprint density at radius 1 is 1.16 bits per heavy atom. The number of halogens is 6. The van der Waals surface area contributed by atoms with Crippen molar-refractivity contribution in [1.29, 1.82) is 0 Å². The number of benzene rings is 1. The molecule has 0 saturated heterocycles. The Morgan fingerprint density at radius 3 is 2.53 bits per heavy atom. The predicted molar refractivity (Wildman–Crippen MR) is 108 cm³/mol. The minimum Gasteiger partial charge on any atom is -0.481 e. The fraction of sp³-hybridized carbons (Fsp3) is 0.400. The molecular formula is C20H18ClF5N4O2. The molecule has 172 valence electrons. The van der Waals surface area contributed by atoms with Crippen LogP contribution in [0.25, 0.3) is 11.0 Å². The molecule has 6 nitrogen and oxygen atoms in total. The number of imidazole rings is 1. The number of anilines is 2. The smallest absolute Gasteiger partial charge is 0.419 e. The van der Waals surface area contributed by atoms with E-state index in [1.807, 2.05) is 0 Å². The van der Waals surface area contributed by atoms with Crippen molar-refractivity contribution in [1.82, 2.24) is 14.5 Å². The molecule has 12 heteroatoms. The van der Waals surface area contributed by atoms with E-state index >= 15 is 0 Å². The van der Waals surface area contributed by atoms with Crippen molar-refractivity contribution < 1.29 is 31.4 Å². The van der Waals surface area contributed by atoms with Crippen LogP contribution in [0.5, 0.6) is 5.88 Å². The van der Waals surface area contributed by atoms with Crippen LogP contribution in [0.1, 0.15) is 23.8 Å². The van der Waals surface area contributed by atoms with Gasteiger partial charge >= 0.3 is 12.8 Å². The number of pyridine rings is 1. The average Bonchev–Trinajstić information content (AvgIpc) is 3.10. The Hall–Kier alpha value is -2.66. The minimum absolute atomic E-state index is 0.0677. The summed E-state index contributed by atoms with van der Waals surface area (Å²) >= 11 is 6.57. The van der Waals surface area contributed by atoms with Gasteiger partial charge in [0, 0.05) is 24.6 Å². The van der Waals surface area contributed by atoms with E-state index in [0.717, 1.165) is 6.07 Å². The number of fused-ring (bicyclic) bond motifs is 3. The molecule has 0 aliphatic carbocycles. The number of aryl methyl sites for hydroxylation is 2. The van der Waals surface area contributed by atoms with Crippen LogP contribution in [0.4, 0.5) is 33.6 Å². The zero-order chi connectivity index (χ0) is 23.2. The van der Waals surface area contributed by atoms with Crippen molar-refractivity contribution in [2.45, 2.75) is 44.3 Å². The summed E-state index contributed by atoms with van der Waals surface area (Å²) in [5.41, 5.74) is 0.460. The van der Waals surface area contributed by atoms with E-state index in [1.165, 1.54) is 19.2 Å². The second kappa shape index (κ2) is 8.36. The molecular weight excluding hydrogens is 459 g/mol. The van der Waals surface area contributed by atoms with E-state index in [2.05, 4.69) is 14.7 Å². The summed E-state index contributed by atoms with van der Waals surface area (Å²) in [4.78, 5) is 10.5. The van der Waals surface area contributed by atoms with Crippen LogP contribution in [-0.4, -0.2) is 39.9 Å². The van der Waals surface area contributed by atoms with Gasteiger partial charge in [-0.25, -0.2) is 9.97 Å². The van der Waals surface area contributed by atoms with Crippen molar-refractivity contribution in [3.63, 3.8) is 0 Å². The van der Waals surface area contributed by atoms with Gasteiger partial charge in [0.1, 0.15) is 5.50 Å². The van der Waals surface area contributed by atoms with Crippen LogP contribution in [0.15, 0.2) is 30.3 Å². The predicted octanol–water partition coefficient (Wildman–Crippen LogP) is 5.70. The van der Waals surface area contributed by atoms with Gasteiger partial charge in [-0.2, -0.15) is 22.0 Å². The van der Waals surface area contributed by atoms with E-state index < -0.39 is 30.0 Å². The topological polar surface area (TPSA) is 52.4 Å². The zero-order valence-corrected chi connectivity index (χ0v) is 17.7. The van der Waals surface area contributed by atoms with Crippen LogP contribution in [0.3, 0.4) is 0 Å². The van der Waals surface area contributed by atoms with Gasteiger partial charge in [-0.15, -0.1) is 0 Å². The summed E-state index contributed by atoms with van der Waals surface area (Å²) in [5, 5.41) is 0. The van der Waals surface area contributed by atoms with E-state index in [9.17, 15) is 22.0 Å². The maximum Gasteiger partial charge on any atom is 0.419 e. The monoisotopic (exact) mass is 476 g/mol. The maximum atomic E-state index is 13.6. The first-order chi connectivity index (χ1) is 15.1. The minimum atomic E-state index is -5.05. The third-order valence-electron chi connectivity index (χ3n) is 5.18. The molecule has 2 unspecified atom stereocenters. The van der Waals surface area contributed by atoms with Gasteiger partial charge in [-0.3, -0.25) is 4.90 Å². The van der Waals surface area contributed by atoms with Gasteiger partial charge in [0.15, 0.2) is 6.10 Å². The highest BCUT2D eigenvalue weighted by atomic mass is 35.5. The number of rotatable bonds is 5. The quantitative estimate of drug-likeness (QED) is 0.269. The summed E-state index contributed by atoms with van der Waals surface area (Å²) < 4.78 is 77.1. The van der Waals surface area contributed by atoms with E-state index in [1.54, 1.807) is 28.5 Å². The molecule has 0 bridgehead atoms. The number of methoxy groups -OCH3 is 1. The van der Waals surface area contributed by atoms with Crippen molar-refractivity contribution in [2.24, 2.45) is 0 Å². The number of alkyl halides is 6. The van der Waals surface area contributed by atoms with Crippen molar-refractivity contribution in [3.8, 4) is 5.88 Å². The summed E-state index contributed by atoms with van der Waals surface area (Å²) in [6.07, 6.45) is -7.49. The second-order valence-electron chi connectivity index (χ2n) is 7.15. The molecule has 0 fully saturated rings. The largest absolute Gasteiger partial charge is 0.481 e. The van der Waals surface area contributed by atoms with E-state index in [0.29, 0.717) is 23.7 Å². The van der Waals surface area contributed by atoms with Crippen LogP contribution < -0.4 is 9.64 Å². The highest BCUT2D eigenvalue weighted by molar-refractivity contribution is 6.22. The lowest BCUT2D eigenvalue weighted by molar-refractivity contribution is -0.276. The lowest BCUT2D eigenvalue weighted by Crippen LogP contribution is -2.35. The zero-order valence-electron chi connectivity index (χ0n) is 16.9. The Kier molecular flexibility index (Phi) is 5.89. The number of ether oxygens (including phenoxy) is 2. The summed E-state index contributed by atoms with van der Waals surface area (Å²) in [5.74, 6) is 0.675. The van der Waals surface area contributed by atoms with Gasteiger partial charge in [0.05, 0.1) is 29.5 Å². The molecule has 2 aromatic heterocycles. The van der Waals surface area contributed by atoms with E-state index in [-0.39, 0.29) is 23.5 Å². The summed E-state index contributed by atoms with van der Waals surface area (Å²) in [6.45, 7) is -1.61. The fourth-order valence-electron chi connectivity index (χ4n) is 3.89. The van der Waals surface area contributed by atoms with Crippen LogP contribution in [0, 0.1) is 6.92 Å². The van der Waals surface area contributed by atoms with Crippen molar-refractivity contribution in [3.05, 3.63) is 41.6 Å². The first-order valence-electron chi connectivity index (χ1n) is 9.56. The molecule has 1 aromatic carbocycles. The summed E-state index contributed by atoms with van der Waals surface area (Å²) in [6, 6.07) is 7.32. The van der Waals surface area contributed by atoms with Crippen LogP contribution in [0.2, 0.25) is 0 Å². The first-order valence-corrected chi connectivity index (χ1v) is 10.00. The SMILES string of the molecule is COc1ccc(N2c3nc4cccc(C(OC(F)F)C(F)(F)F)c4n3CCC2Cl)c(C)n1. The van der Waals surface area contributed by atoms with Gasteiger partial charge in [-0.05, 0) is 19.1 Å². The Balaban J connectivity index is 1.90. The summed E-state index contributed by atoms with van der Waals surface area (Å²) in [7, 11) is 1.48.